The van der Waals surface area contributed by atoms with Crippen molar-refractivity contribution < 1.29 is 8.42 Å². The molecule has 4 rings (SSSR count). The molecule has 1 saturated heterocycles. The first-order valence-corrected chi connectivity index (χ1v) is 10.4. The maximum Gasteiger partial charge on any atom is 0.211 e. The van der Waals surface area contributed by atoms with Crippen LogP contribution < -0.4 is 0 Å². The first kappa shape index (κ1) is 16.1. The normalized spacial score (nSPS) is 22.2. The topological polar surface area (TPSA) is 68.1 Å². The molecule has 0 radical (unpaired) electrons. The second-order valence-electron chi connectivity index (χ2n) is 6.52. The number of rotatable bonds is 4. The number of halogens is 1. The highest BCUT2D eigenvalue weighted by Gasteiger charge is 2.38. The Balaban J connectivity index is 1.80. The van der Waals surface area contributed by atoms with Crippen LogP contribution in [0.15, 0.2) is 24.3 Å². The van der Waals surface area contributed by atoms with Crippen LogP contribution in [0.3, 0.4) is 0 Å². The second kappa shape index (κ2) is 5.82. The minimum absolute atomic E-state index is 0.254. The molecular weight excluding hydrogens is 348 g/mol. The van der Waals surface area contributed by atoms with Crippen molar-refractivity contribution in [2.45, 2.75) is 37.6 Å². The molecular formula is C16H19ClN4O2S. The number of aromatic nitrogens is 3. The van der Waals surface area contributed by atoms with Crippen molar-refractivity contribution in [3.05, 3.63) is 40.9 Å². The SMILES string of the molecule is CS(=O)(=O)N1CCC[C@H]1c1nc(C2CC2)nn1-c1ccc(Cl)cc1. The van der Waals surface area contributed by atoms with E-state index in [4.69, 9.17) is 16.6 Å². The quantitative estimate of drug-likeness (QED) is 0.834. The highest BCUT2D eigenvalue weighted by molar-refractivity contribution is 7.88. The largest absolute Gasteiger partial charge is 0.216 e. The third-order valence-corrected chi connectivity index (χ3v) is 6.13. The summed E-state index contributed by atoms with van der Waals surface area (Å²) in [6.45, 7) is 0.537. The van der Waals surface area contributed by atoms with Gasteiger partial charge in [-0.2, -0.15) is 9.40 Å². The van der Waals surface area contributed by atoms with E-state index in [2.05, 4.69) is 5.10 Å². The molecule has 2 heterocycles. The van der Waals surface area contributed by atoms with Gasteiger partial charge in [0.1, 0.15) is 0 Å². The zero-order chi connectivity index (χ0) is 16.9. The van der Waals surface area contributed by atoms with Gasteiger partial charge in [0.05, 0.1) is 18.0 Å². The van der Waals surface area contributed by atoms with Crippen molar-refractivity contribution >= 4 is 21.6 Å². The van der Waals surface area contributed by atoms with Crippen molar-refractivity contribution in [1.82, 2.24) is 19.1 Å². The number of sulfonamides is 1. The molecule has 24 heavy (non-hydrogen) atoms. The Morgan fingerprint density at radius 2 is 1.88 bits per heavy atom. The summed E-state index contributed by atoms with van der Waals surface area (Å²) < 4.78 is 27.6. The van der Waals surface area contributed by atoms with Gasteiger partial charge < -0.3 is 0 Å². The average Bonchev–Trinajstić information content (AvgIpc) is 3.09. The second-order valence-corrected chi connectivity index (χ2v) is 8.89. The van der Waals surface area contributed by atoms with E-state index >= 15 is 0 Å². The maximum absolute atomic E-state index is 12.1. The lowest BCUT2D eigenvalue weighted by atomic mass is 10.2. The van der Waals surface area contributed by atoms with E-state index in [0.29, 0.717) is 23.3 Å². The molecule has 2 aromatic rings. The minimum atomic E-state index is -3.27. The Bertz CT molecular complexity index is 859. The Morgan fingerprint density at radius 3 is 2.50 bits per heavy atom. The fraction of sp³-hybridized carbons (Fsp3) is 0.500. The van der Waals surface area contributed by atoms with Gasteiger partial charge in [-0.25, -0.2) is 18.1 Å². The van der Waals surface area contributed by atoms with Crippen molar-refractivity contribution in [2.24, 2.45) is 0 Å². The first-order valence-electron chi connectivity index (χ1n) is 8.13. The molecule has 1 aliphatic carbocycles. The Hall–Kier alpha value is -1.44. The maximum atomic E-state index is 12.1. The van der Waals surface area contributed by atoms with Gasteiger partial charge in [-0.05, 0) is 49.9 Å². The number of nitrogens with zero attached hydrogens (tertiary/aromatic N) is 4. The van der Waals surface area contributed by atoms with E-state index in [-0.39, 0.29) is 6.04 Å². The summed E-state index contributed by atoms with van der Waals surface area (Å²) >= 11 is 5.98. The molecule has 1 aromatic heterocycles. The standard InChI is InChI=1S/C16H19ClN4O2S/c1-24(22,23)20-10-2-3-14(20)16-18-15(11-4-5-11)19-21(16)13-8-6-12(17)7-9-13/h6-9,11,14H,2-5,10H2,1H3/t14-/m0/s1. The van der Waals surface area contributed by atoms with Crippen molar-refractivity contribution in [3.8, 4) is 5.69 Å². The zero-order valence-electron chi connectivity index (χ0n) is 13.4. The fourth-order valence-corrected chi connectivity index (χ4v) is 4.49. The summed E-state index contributed by atoms with van der Waals surface area (Å²) in [6.07, 6.45) is 5.07. The van der Waals surface area contributed by atoms with Gasteiger partial charge in [-0.1, -0.05) is 11.6 Å². The molecule has 1 aliphatic heterocycles. The summed E-state index contributed by atoms with van der Waals surface area (Å²) in [4.78, 5) is 4.73. The Morgan fingerprint density at radius 1 is 1.17 bits per heavy atom. The summed E-state index contributed by atoms with van der Waals surface area (Å²) in [6, 6.07) is 7.13. The van der Waals surface area contributed by atoms with Gasteiger partial charge >= 0.3 is 0 Å². The molecule has 2 fully saturated rings. The molecule has 2 aliphatic rings. The average molecular weight is 367 g/mol. The van der Waals surface area contributed by atoms with Gasteiger partial charge in [0.2, 0.25) is 10.0 Å². The molecule has 1 atom stereocenters. The van der Waals surface area contributed by atoms with E-state index in [0.717, 1.165) is 37.2 Å². The number of hydrogen-bond acceptors (Lipinski definition) is 4. The smallest absolute Gasteiger partial charge is 0.211 e. The summed E-state index contributed by atoms with van der Waals surface area (Å²) in [5, 5.41) is 5.33. The van der Waals surface area contributed by atoms with E-state index in [1.54, 1.807) is 8.99 Å². The molecule has 128 valence electrons. The number of benzene rings is 1. The molecule has 0 N–H and O–H groups in total. The molecule has 0 amide bonds. The van der Waals surface area contributed by atoms with Crippen LogP contribution in [-0.2, 0) is 10.0 Å². The Labute approximate surface area is 146 Å². The molecule has 8 heteroatoms. The van der Waals surface area contributed by atoms with Crippen LogP contribution in [0.5, 0.6) is 0 Å². The highest BCUT2D eigenvalue weighted by atomic mass is 35.5. The summed E-state index contributed by atoms with van der Waals surface area (Å²) in [5.41, 5.74) is 0.856. The third kappa shape index (κ3) is 2.96. The van der Waals surface area contributed by atoms with Crippen LogP contribution in [0, 0.1) is 0 Å². The van der Waals surface area contributed by atoms with Crippen LogP contribution >= 0.6 is 11.6 Å². The van der Waals surface area contributed by atoms with Crippen LogP contribution in [0.2, 0.25) is 5.02 Å². The van der Waals surface area contributed by atoms with Crippen LogP contribution in [0.1, 0.15) is 49.3 Å². The highest BCUT2D eigenvalue weighted by Crippen LogP contribution is 2.40. The number of hydrogen-bond donors (Lipinski definition) is 0. The molecule has 0 bridgehead atoms. The lowest BCUT2D eigenvalue weighted by Crippen LogP contribution is -2.31. The van der Waals surface area contributed by atoms with Gasteiger partial charge in [0.25, 0.3) is 0 Å². The van der Waals surface area contributed by atoms with Crippen LogP contribution in [0.25, 0.3) is 5.69 Å². The Kier molecular flexibility index (Phi) is 3.89. The molecule has 1 saturated carbocycles. The first-order chi connectivity index (χ1) is 11.4. The fourth-order valence-electron chi connectivity index (χ4n) is 3.24. The monoisotopic (exact) mass is 366 g/mol. The van der Waals surface area contributed by atoms with Gasteiger partial charge in [0.15, 0.2) is 11.6 Å². The molecule has 6 nitrogen and oxygen atoms in total. The van der Waals surface area contributed by atoms with Crippen molar-refractivity contribution in [1.29, 1.82) is 0 Å². The molecule has 0 unspecified atom stereocenters. The van der Waals surface area contributed by atoms with Gasteiger partial charge in [-0.15, -0.1) is 0 Å². The van der Waals surface area contributed by atoms with Crippen LogP contribution in [0.4, 0.5) is 0 Å². The third-order valence-electron chi connectivity index (χ3n) is 4.59. The van der Waals surface area contributed by atoms with Crippen molar-refractivity contribution in [2.75, 3.05) is 12.8 Å². The van der Waals surface area contributed by atoms with Crippen LogP contribution in [-0.4, -0.2) is 40.3 Å². The lowest BCUT2D eigenvalue weighted by molar-refractivity contribution is 0.381. The predicted octanol–water partition coefficient (Wildman–Crippen LogP) is 2.89. The van der Waals surface area contributed by atoms with Gasteiger partial charge in [0, 0.05) is 17.5 Å². The zero-order valence-corrected chi connectivity index (χ0v) is 15.0. The van der Waals surface area contributed by atoms with Gasteiger partial charge in [-0.3, -0.25) is 0 Å². The van der Waals surface area contributed by atoms with E-state index in [1.165, 1.54) is 6.26 Å². The van der Waals surface area contributed by atoms with Crippen molar-refractivity contribution in [3.63, 3.8) is 0 Å². The summed E-state index contributed by atoms with van der Waals surface area (Å²) in [7, 11) is -3.27. The predicted molar refractivity (Wildman–Crippen MR) is 91.9 cm³/mol. The lowest BCUT2D eigenvalue weighted by Gasteiger charge is -2.21. The molecule has 1 aromatic carbocycles. The van der Waals surface area contributed by atoms with E-state index < -0.39 is 10.0 Å². The molecule has 0 spiro atoms. The van der Waals surface area contributed by atoms with E-state index in [9.17, 15) is 8.42 Å². The minimum Gasteiger partial charge on any atom is -0.216 e. The summed E-state index contributed by atoms with van der Waals surface area (Å²) in [5.74, 6) is 1.94. The van der Waals surface area contributed by atoms with E-state index in [1.807, 2.05) is 24.3 Å².